The molecule has 0 spiro atoms. The third-order valence-corrected chi connectivity index (χ3v) is 4.00. The Morgan fingerprint density at radius 3 is 2.83 bits per heavy atom. The number of rotatable bonds is 5. The first-order chi connectivity index (χ1) is 11.1. The van der Waals surface area contributed by atoms with Crippen molar-refractivity contribution in [2.24, 2.45) is 0 Å². The molecule has 0 unspecified atom stereocenters. The summed E-state index contributed by atoms with van der Waals surface area (Å²) in [4.78, 5) is 24.1. The molecule has 1 aromatic carbocycles. The van der Waals surface area contributed by atoms with Crippen LogP contribution < -0.4 is 16.0 Å². The van der Waals surface area contributed by atoms with E-state index < -0.39 is 6.04 Å². The Labute approximate surface area is 140 Å². The molecular weight excluding hydrogens is 318 g/mol. The van der Waals surface area contributed by atoms with Gasteiger partial charge in [-0.2, -0.15) is 0 Å². The van der Waals surface area contributed by atoms with E-state index in [-0.39, 0.29) is 18.0 Å². The van der Waals surface area contributed by atoms with E-state index >= 15 is 0 Å². The van der Waals surface area contributed by atoms with Crippen LogP contribution >= 0.6 is 11.6 Å². The summed E-state index contributed by atoms with van der Waals surface area (Å²) in [7, 11) is 1.57. The maximum absolute atomic E-state index is 12.2. The fraction of sp³-hybridized carbons (Fsp3) is 0.500. The van der Waals surface area contributed by atoms with E-state index in [9.17, 15) is 9.59 Å². The van der Waals surface area contributed by atoms with Crippen molar-refractivity contribution in [2.75, 3.05) is 20.3 Å². The third-order valence-electron chi connectivity index (χ3n) is 3.75. The standard InChI is InChI=1S/C16H22ClN3O3/c1-23-10-14(11-5-7-12(17)8-6-11)20-16(22)19-13-4-2-3-9-18-15(13)21/h5-8,13-14H,2-4,9-10H2,1H3,(H,18,21)(H2,19,20,22)/t13-,14+/m1/s1. The molecule has 2 rings (SSSR count). The van der Waals surface area contributed by atoms with Crippen molar-refractivity contribution in [1.82, 2.24) is 16.0 Å². The predicted molar refractivity (Wildman–Crippen MR) is 88.4 cm³/mol. The summed E-state index contributed by atoms with van der Waals surface area (Å²) < 4.78 is 5.17. The van der Waals surface area contributed by atoms with Gasteiger partial charge in [-0.25, -0.2) is 4.79 Å². The van der Waals surface area contributed by atoms with E-state index in [1.165, 1.54) is 0 Å². The monoisotopic (exact) mass is 339 g/mol. The Morgan fingerprint density at radius 1 is 1.39 bits per heavy atom. The van der Waals surface area contributed by atoms with Crippen LogP contribution in [0, 0.1) is 0 Å². The number of carbonyl (C=O) groups is 2. The smallest absolute Gasteiger partial charge is 0.316 e. The van der Waals surface area contributed by atoms with Crippen LogP contribution in [0.4, 0.5) is 4.79 Å². The molecule has 3 N–H and O–H groups in total. The van der Waals surface area contributed by atoms with Gasteiger partial charge in [-0.05, 0) is 37.0 Å². The average molecular weight is 340 g/mol. The van der Waals surface area contributed by atoms with Gasteiger partial charge >= 0.3 is 6.03 Å². The molecule has 1 aliphatic heterocycles. The van der Waals surface area contributed by atoms with Gasteiger partial charge in [0.05, 0.1) is 12.6 Å². The highest BCUT2D eigenvalue weighted by Crippen LogP contribution is 2.17. The SMILES string of the molecule is COC[C@H](NC(=O)N[C@@H]1CCCCNC1=O)c1ccc(Cl)cc1. The van der Waals surface area contributed by atoms with E-state index in [0.29, 0.717) is 24.6 Å². The molecule has 1 aromatic rings. The molecule has 1 heterocycles. The van der Waals surface area contributed by atoms with Crippen LogP contribution in [0.3, 0.4) is 0 Å². The molecule has 0 saturated carbocycles. The lowest BCUT2D eigenvalue weighted by Gasteiger charge is -2.21. The summed E-state index contributed by atoms with van der Waals surface area (Å²) in [6.07, 6.45) is 2.49. The van der Waals surface area contributed by atoms with E-state index in [2.05, 4.69) is 16.0 Å². The number of urea groups is 1. The van der Waals surface area contributed by atoms with Crippen LogP contribution in [0.1, 0.15) is 30.9 Å². The molecule has 2 atom stereocenters. The molecule has 0 radical (unpaired) electrons. The highest BCUT2D eigenvalue weighted by molar-refractivity contribution is 6.30. The first kappa shape index (κ1) is 17.6. The normalized spacial score (nSPS) is 19.4. The minimum Gasteiger partial charge on any atom is -0.382 e. The van der Waals surface area contributed by atoms with Crippen molar-refractivity contribution >= 4 is 23.5 Å². The zero-order valence-corrected chi connectivity index (χ0v) is 13.9. The number of hydrogen-bond donors (Lipinski definition) is 3. The molecule has 126 valence electrons. The van der Waals surface area contributed by atoms with Gasteiger partial charge in [-0.3, -0.25) is 4.79 Å². The highest BCUT2D eigenvalue weighted by atomic mass is 35.5. The Bertz CT molecular complexity index is 536. The van der Waals surface area contributed by atoms with Gasteiger partial charge < -0.3 is 20.7 Å². The summed E-state index contributed by atoms with van der Waals surface area (Å²) in [5.41, 5.74) is 0.886. The number of benzene rings is 1. The minimum absolute atomic E-state index is 0.132. The van der Waals surface area contributed by atoms with Crippen LogP contribution in [0.2, 0.25) is 5.02 Å². The van der Waals surface area contributed by atoms with Crippen molar-refractivity contribution in [1.29, 1.82) is 0 Å². The first-order valence-corrected chi connectivity index (χ1v) is 8.07. The summed E-state index contributed by atoms with van der Waals surface area (Å²) in [6.45, 7) is 0.988. The topological polar surface area (TPSA) is 79.5 Å². The quantitative estimate of drug-likeness (QED) is 0.767. The Balaban J connectivity index is 1.97. The second-order valence-electron chi connectivity index (χ2n) is 5.52. The lowest BCUT2D eigenvalue weighted by atomic mass is 10.1. The van der Waals surface area contributed by atoms with Crippen molar-refractivity contribution in [3.63, 3.8) is 0 Å². The van der Waals surface area contributed by atoms with Crippen molar-refractivity contribution in [2.45, 2.75) is 31.3 Å². The number of halogens is 1. The van der Waals surface area contributed by atoms with E-state index in [0.717, 1.165) is 18.4 Å². The average Bonchev–Trinajstić information content (AvgIpc) is 2.73. The van der Waals surface area contributed by atoms with Crippen LogP contribution in [-0.4, -0.2) is 38.2 Å². The van der Waals surface area contributed by atoms with E-state index in [4.69, 9.17) is 16.3 Å². The predicted octanol–water partition coefficient (Wildman–Crippen LogP) is 2.00. The third kappa shape index (κ3) is 5.41. The molecule has 6 nitrogen and oxygen atoms in total. The Morgan fingerprint density at radius 2 is 2.13 bits per heavy atom. The minimum atomic E-state index is -0.495. The molecule has 23 heavy (non-hydrogen) atoms. The van der Waals surface area contributed by atoms with Crippen LogP contribution in [0.25, 0.3) is 0 Å². The number of hydrogen-bond acceptors (Lipinski definition) is 3. The molecule has 0 aromatic heterocycles. The summed E-state index contributed by atoms with van der Waals surface area (Å²) in [6, 6.07) is 6.01. The molecule has 7 heteroatoms. The summed E-state index contributed by atoms with van der Waals surface area (Å²) in [5.74, 6) is -0.132. The highest BCUT2D eigenvalue weighted by Gasteiger charge is 2.23. The molecule has 0 aliphatic carbocycles. The zero-order valence-electron chi connectivity index (χ0n) is 13.1. The van der Waals surface area contributed by atoms with Gasteiger partial charge in [0.2, 0.25) is 5.91 Å². The van der Waals surface area contributed by atoms with Crippen molar-refractivity contribution < 1.29 is 14.3 Å². The Hall–Kier alpha value is -1.79. The van der Waals surface area contributed by atoms with E-state index in [1.54, 1.807) is 19.2 Å². The lowest BCUT2D eigenvalue weighted by Crippen LogP contribution is -2.50. The van der Waals surface area contributed by atoms with Crippen LogP contribution in [0.15, 0.2) is 24.3 Å². The second kappa shape index (κ2) is 8.74. The maximum atomic E-state index is 12.2. The molecule has 1 saturated heterocycles. The molecule has 3 amide bonds. The molecule has 1 fully saturated rings. The largest absolute Gasteiger partial charge is 0.382 e. The summed E-state index contributed by atoms with van der Waals surface area (Å²) in [5, 5.41) is 9.00. The summed E-state index contributed by atoms with van der Waals surface area (Å²) >= 11 is 5.88. The van der Waals surface area contributed by atoms with Gasteiger partial charge in [0.15, 0.2) is 0 Å². The fourth-order valence-corrected chi connectivity index (χ4v) is 2.64. The van der Waals surface area contributed by atoms with Crippen molar-refractivity contribution in [3.05, 3.63) is 34.9 Å². The fourth-order valence-electron chi connectivity index (χ4n) is 2.52. The maximum Gasteiger partial charge on any atom is 0.316 e. The zero-order chi connectivity index (χ0) is 16.7. The first-order valence-electron chi connectivity index (χ1n) is 7.69. The van der Waals surface area contributed by atoms with Gasteiger partial charge in [-0.15, -0.1) is 0 Å². The number of nitrogens with one attached hydrogen (secondary N) is 3. The van der Waals surface area contributed by atoms with Gasteiger partial charge in [0.1, 0.15) is 6.04 Å². The van der Waals surface area contributed by atoms with Crippen LogP contribution in [0.5, 0.6) is 0 Å². The van der Waals surface area contributed by atoms with Gasteiger partial charge in [0.25, 0.3) is 0 Å². The molecular formula is C16H22ClN3O3. The number of methoxy groups -OCH3 is 1. The van der Waals surface area contributed by atoms with Gasteiger partial charge in [0, 0.05) is 18.7 Å². The molecule has 1 aliphatic rings. The van der Waals surface area contributed by atoms with Crippen LogP contribution in [-0.2, 0) is 9.53 Å². The number of ether oxygens (including phenoxy) is 1. The number of carbonyl (C=O) groups excluding carboxylic acids is 2. The van der Waals surface area contributed by atoms with Crippen molar-refractivity contribution in [3.8, 4) is 0 Å². The van der Waals surface area contributed by atoms with E-state index in [1.807, 2.05) is 12.1 Å². The second-order valence-corrected chi connectivity index (χ2v) is 5.95. The lowest BCUT2D eigenvalue weighted by molar-refractivity contribution is -0.122. The molecule has 0 bridgehead atoms. The van der Waals surface area contributed by atoms with Gasteiger partial charge in [-0.1, -0.05) is 23.7 Å². The number of amides is 3. The Kier molecular flexibility index (Phi) is 6.67.